The van der Waals surface area contributed by atoms with Crippen molar-refractivity contribution in [2.45, 2.75) is 26.6 Å². The zero-order valence-corrected chi connectivity index (χ0v) is 10.4. The van der Waals surface area contributed by atoms with E-state index in [-0.39, 0.29) is 5.56 Å². The lowest BCUT2D eigenvalue weighted by Crippen LogP contribution is -2.16. The number of hydrogen-bond donors (Lipinski definition) is 0. The van der Waals surface area contributed by atoms with Crippen LogP contribution < -0.4 is 0 Å². The second kappa shape index (κ2) is 4.16. The largest absolute Gasteiger partial charge is 0.207 e. The first-order chi connectivity index (χ1) is 6.79. The van der Waals surface area contributed by atoms with Crippen LogP contribution in [0.25, 0.3) is 0 Å². The molecule has 15 heavy (non-hydrogen) atoms. The van der Waals surface area contributed by atoms with Gasteiger partial charge in [0.15, 0.2) is 0 Å². The number of benzene rings is 1. The van der Waals surface area contributed by atoms with Crippen molar-refractivity contribution >= 4 is 8.07 Å². The highest BCUT2D eigenvalue weighted by Gasteiger charge is 2.09. The fourth-order valence-electron chi connectivity index (χ4n) is 0.977. The Labute approximate surface area is 90.3 Å². The molecule has 0 nitrogen and oxygen atoms in total. The lowest BCUT2D eigenvalue weighted by Gasteiger charge is -2.04. The predicted molar refractivity (Wildman–Crippen MR) is 61.3 cm³/mol. The van der Waals surface area contributed by atoms with Gasteiger partial charge in [0.1, 0.15) is 19.7 Å². The third kappa shape index (κ3) is 3.48. The van der Waals surface area contributed by atoms with Gasteiger partial charge in [-0.25, -0.2) is 8.78 Å². The van der Waals surface area contributed by atoms with Crippen LogP contribution in [0.1, 0.15) is 11.1 Å². The molecule has 0 aliphatic heterocycles. The van der Waals surface area contributed by atoms with Crippen LogP contribution >= 0.6 is 0 Å². The van der Waals surface area contributed by atoms with Crippen molar-refractivity contribution < 1.29 is 8.78 Å². The van der Waals surface area contributed by atoms with E-state index in [1.54, 1.807) is 0 Å². The monoisotopic (exact) mass is 224 g/mol. The van der Waals surface area contributed by atoms with Gasteiger partial charge in [-0.05, 0) is 19.1 Å². The number of rotatable bonds is 0. The zero-order chi connectivity index (χ0) is 11.6. The summed E-state index contributed by atoms with van der Waals surface area (Å²) in [6.07, 6.45) is 0. The van der Waals surface area contributed by atoms with E-state index in [9.17, 15) is 8.78 Å². The molecule has 3 heteroatoms. The van der Waals surface area contributed by atoms with Gasteiger partial charge in [0.2, 0.25) is 0 Å². The Morgan fingerprint density at radius 2 is 1.53 bits per heavy atom. The molecule has 80 valence electrons. The van der Waals surface area contributed by atoms with Crippen LogP contribution in [0.3, 0.4) is 0 Å². The van der Waals surface area contributed by atoms with Crippen LogP contribution in [0.4, 0.5) is 8.78 Å². The average Bonchev–Trinajstić information content (AvgIpc) is 2.09. The van der Waals surface area contributed by atoms with Crippen molar-refractivity contribution in [2.24, 2.45) is 0 Å². The van der Waals surface area contributed by atoms with Gasteiger partial charge in [-0.15, -0.1) is 5.54 Å². The van der Waals surface area contributed by atoms with Crippen molar-refractivity contribution in [3.05, 3.63) is 34.9 Å². The summed E-state index contributed by atoms with van der Waals surface area (Å²) >= 11 is 0. The molecule has 0 aliphatic rings. The molecule has 0 radical (unpaired) electrons. The van der Waals surface area contributed by atoms with Crippen molar-refractivity contribution in [3.8, 4) is 11.5 Å². The van der Waals surface area contributed by atoms with Gasteiger partial charge < -0.3 is 0 Å². The summed E-state index contributed by atoms with van der Waals surface area (Å²) in [4.78, 5) is 0. The third-order valence-electron chi connectivity index (χ3n) is 1.86. The Balaban J connectivity index is 3.12. The highest BCUT2D eigenvalue weighted by Crippen LogP contribution is 2.13. The molecule has 0 heterocycles. The maximum Gasteiger partial charge on any atom is 0.130 e. The first-order valence-corrected chi connectivity index (χ1v) is 8.28. The fourth-order valence-corrected chi connectivity index (χ4v) is 1.50. The molecular formula is C12H14F2Si. The molecule has 1 aromatic carbocycles. The summed E-state index contributed by atoms with van der Waals surface area (Å²) < 4.78 is 26.3. The SMILES string of the molecule is Cc1c(F)cc(C#C[Si](C)(C)C)cc1F. The first kappa shape index (κ1) is 11.9. The smallest absolute Gasteiger partial charge is 0.130 e. The number of halogens is 2. The molecule has 0 amide bonds. The van der Waals surface area contributed by atoms with Crippen LogP contribution in [-0.2, 0) is 0 Å². The summed E-state index contributed by atoms with van der Waals surface area (Å²) in [5.41, 5.74) is 3.53. The molecule has 0 aromatic heterocycles. The topological polar surface area (TPSA) is 0 Å². The Morgan fingerprint density at radius 3 is 1.93 bits per heavy atom. The standard InChI is InChI=1S/C12H14F2Si/c1-9-11(13)7-10(8-12(9)14)5-6-15(2,3)4/h7-8H,1-4H3. The number of hydrogen-bond acceptors (Lipinski definition) is 0. The lowest BCUT2D eigenvalue weighted by molar-refractivity contribution is 0.567. The molecule has 0 saturated heterocycles. The third-order valence-corrected chi connectivity index (χ3v) is 2.74. The van der Waals surface area contributed by atoms with E-state index in [1.807, 2.05) is 0 Å². The highest BCUT2D eigenvalue weighted by atomic mass is 28.3. The molecule has 0 saturated carbocycles. The predicted octanol–water partition coefficient (Wildman–Crippen LogP) is 3.50. The van der Waals surface area contributed by atoms with E-state index in [0.29, 0.717) is 5.56 Å². The van der Waals surface area contributed by atoms with E-state index in [1.165, 1.54) is 19.1 Å². The maximum absolute atomic E-state index is 13.2. The van der Waals surface area contributed by atoms with Gasteiger partial charge in [-0.2, -0.15) is 0 Å². The van der Waals surface area contributed by atoms with Crippen LogP contribution in [0.2, 0.25) is 19.6 Å². The van der Waals surface area contributed by atoms with E-state index in [2.05, 4.69) is 31.1 Å². The molecule has 1 rings (SSSR count). The summed E-state index contributed by atoms with van der Waals surface area (Å²) in [5.74, 6) is 1.76. The molecule has 0 spiro atoms. The molecule has 0 bridgehead atoms. The van der Waals surface area contributed by atoms with Gasteiger partial charge in [-0.3, -0.25) is 0 Å². The molecule has 0 unspecified atom stereocenters. The van der Waals surface area contributed by atoms with Crippen molar-refractivity contribution in [2.75, 3.05) is 0 Å². The second-order valence-electron chi connectivity index (χ2n) is 4.56. The quantitative estimate of drug-likeness (QED) is 0.467. The van der Waals surface area contributed by atoms with Gasteiger partial charge >= 0.3 is 0 Å². The minimum absolute atomic E-state index is 0.0496. The van der Waals surface area contributed by atoms with Crippen molar-refractivity contribution in [1.29, 1.82) is 0 Å². The molecule has 0 aliphatic carbocycles. The van der Waals surface area contributed by atoms with E-state index >= 15 is 0 Å². The van der Waals surface area contributed by atoms with Gasteiger partial charge in [0, 0.05) is 11.1 Å². The van der Waals surface area contributed by atoms with Crippen molar-refractivity contribution in [3.63, 3.8) is 0 Å². The van der Waals surface area contributed by atoms with Gasteiger partial charge in [-0.1, -0.05) is 25.6 Å². The summed E-state index contributed by atoms with van der Waals surface area (Å²) in [7, 11) is -1.49. The molecular weight excluding hydrogens is 210 g/mol. The normalized spacial score (nSPS) is 10.8. The second-order valence-corrected chi connectivity index (χ2v) is 9.31. The van der Waals surface area contributed by atoms with Gasteiger partial charge in [0.05, 0.1) is 0 Å². The van der Waals surface area contributed by atoms with E-state index in [4.69, 9.17) is 0 Å². The van der Waals surface area contributed by atoms with Crippen LogP contribution in [0.15, 0.2) is 12.1 Å². The zero-order valence-electron chi connectivity index (χ0n) is 9.41. The molecule has 1 aromatic rings. The molecule has 0 fully saturated rings. The minimum atomic E-state index is -1.49. The molecule has 0 atom stereocenters. The van der Waals surface area contributed by atoms with E-state index < -0.39 is 19.7 Å². The van der Waals surface area contributed by atoms with Gasteiger partial charge in [0.25, 0.3) is 0 Å². The Bertz CT molecular complexity index is 410. The summed E-state index contributed by atoms with van der Waals surface area (Å²) in [6.45, 7) is 7.67. The maximum atomic E-state index is 13.2. The molecule has 0 N–H and O–H groups in total. The summed E-state index contributed by atoms with van der Waals surface area (Å²) in [5, 5.41) is 0. The lowest BCUT2D eigenvalue weighted by atomic mass is 10.1. The van der Waals surface area contributed by atoms with Crippen molar-refractivity contribution in [1.82, 2.24) is 0 Å². The Morgan fingerprint density at radius 1 is 1.07 bits per heavy atom. The van der Waals surface area contributed by atoms with Crippen LogP contribution in [0, 0.1) is 30.0 Å². The Hall–Kier alpha value is -1.14. The average molecular weight is 224 g/mol. The fraction of sp³-hybridized carbons (Fsp3) is 0.333. The first-order valence-electron chi connectivity index (χ1n) is 4.78. The Kier molecular flexibility index (Phi) is 3.30. The van der Waals surface area contributed by atoms with Crippen LogP contribution in [0.5, 0.6) is 0 Å². The van der Waals surface area contributed by atoms with E-state index in [0.717, 1.165) is 0 Å². The van der Waals surface area contributed by atoms with Crippen LogP contribution in [-0.4, -0.2) is 8.07 Å². The summed E-state index contributed by atoms with van der Waals surface area (Å²) in [6, 6.07) is 2.57. The highest BCUT2D eigenvalue weighted by molar-refractivity contribution is 6.83. The minimum Gasteiger partial charge on any atom is -0.207 e.